The standard InChI is InChI=1S/C18H25F2N5O2/c19-18(20)7-12(8-18)22-11-3-5-13(6-4-11)25-9-14(15(21)26)16(24-25)23-17(27)10-1-2-10/h9-13,22H,1-8H2,(H2,21,26)(H,23,24,27)/t11-,13+. The van der Waals surface area contributed by atoms with Crippen LogP contribution < -0.4 is 16.4 Å². The van der Waals surface area contributed by atoms with Gasteiger partial charge in [-0.1, -0.05) is 0 Å². The van der Waals surface area contributed by atoms with Gasteiger partial charge in [-0.25, -0.2) is 8.78 Å². The molecule has 3 aliphatic rings. The normalized spacial score (nSPS) is 27.8. The van der Waals surface area contributed by atoms with Crippen molar-refractivity contribution in [2.75, 3.05) is 5.32 Å². The van der Waals surface area contributed by atoms with Crippen LogP contribution in [-0.4, -0.2) is 39.6 Å². The number of carbonyl (C=O) groups is 2. The summed E-state index contributed by atoms with van der Waals surface area (Å²) in [5.41, 5.74) is 5.65. The summed E-state index contributed by atoms with van der Waals surface area (Å²) in [5.74, 6) is -3.00. The molecule has 3 aliphatic carbocycles. The number of halogens is 2. The van der Waals surface area contributed by atoms with Crippen molar-refractivity contribution in [3.63, 3.8) is 0 Å². The Morgan fingerprint density at radius 3 is 2.33 bits per heavy atom. The minimum atomic E-state index is -2.50. The van der Waals surface area contributed by atoms with Crippen molar-refractivity contribution < 1.29 is 18.4 Å². The molecule has 3 saturated carbocycles. The lowest BCUT2D eigenvalue weighted by Gasteiger charge is -2.39. The Hall–Kier alpha value is -2.03. The van der Waals surface area contributed by atoms with E-state index < -0.39 is 11.8 Å². The Morgan fingerprint density at radius 1 is 1.11 bits per heavy atom. The second kappa shape index (κ2) is 6.85. The van der Waals surface area contributed by atoms with Crippen molar-refractivity contribution >= 4 is 17.6 Å². The van der Waals surface area contributed by atoms with Crippen LogP contribution in [0.1, 0.15) is 67.8 Å². The molecule has 1 aromatic rings. The van der Waals surface area contributed by atoms with Crippen molar-refractivity contribution in [1.82, 2.24) is 15.1 Å². The molecule has 4 N–H and O–H groups in total. The van der Waals surface area contributed by atoms with Crippen molar-refractivity contribution in [2.24, 2.45) is 11.7 Å². The number of nitrogens with one attached hydrogen (secondary N) is 2. The summed E-state index contributed by atoms with van der Waals surface area (Å²) in [4.78, 5) is 23.7. The Morgan fingerprint density at radius 2 is 1.78 bits per heavy atom. The molecule has 1 heterocycles. The topological polar surface area (TPSA) is 102 Å². The van der Waals surface area contributed by atoms with Crippen molar-refractivity contribution in [1.29, 1.82) is 0 Å². The molecule has 0 aliphatic heterocycles. The number of hydrogen-bond donors (Lipinski definition) is 3. The number of rotatable bonds is 6. The summed E-state index contributed by atoms with van der Waals surface area (Å²) >= 11 is 0. The Kier molecular flexibility index (Phi) is 4.65. The van der Waals surface area contributed by atoms with E-state index in [-0.39, 0.29) is 54.2 Å². The molecule has 4 rings (SSSR count). The summed E-state index contributed by atoms with van der Waals surface area (Å²) in [6.07, 6.45) is 6.58. The van der Waals surface area contributed by atoms with E-state index in [9.17, 15) is 18.4 Å². The average Bonchev–Trinajstić information content (AvgIpc) is 3.35. The maximum absolute atomic E-state index is 13.0. The zero-order chi connectivity index (χ0) is 19.2. The largest absolute Gasteiger partial charge is 0.365 e. The van der Waals surface area contributed by atoms with E-state index in [1.807, 2.05) is 0 Å². The molecule has 7 nitrogen and oxygen atoms in total. The first-order valence-corrected chi connectivity index (χ1v) is 9.64. The van der Waals surface area contributed by atoms with Gasteiger partial charge in [0.25, 0.3) is 11.8 Å². The van der Waals surface area contributed by atoms with E-state index in [1.54, 1.807) is 10.9 Å². The van der Waals surface area contributed by atoms with Gasteiger partial charge in [-0.15, -0.1) is 0 Å². The number of nitrogens with two attached hydrogens (primary N) is 1. The van der Waals surface area contributed by atoms with E-state index in [1.165, 1.54) is 0 Å². The molecule has 0 radical (unpaired) electrons. The van der Waals surface area contributed by atoms with Crippen LogP contribution in [-0.2, 0) is 4.79 Å². The zero-order valence-electron chi connectivity index (χ0n) is 15.1. The van der Waals surface area contributed by atoms with Crippen LogP contribution in [0.5, 0.6) is 0 Å². The quantitative estimate of drug-likeness (QED) is 0.703. The summed E-state index contributed by atoms with van der Waals surface area (Å²) < 4.78 is 27.6. The molecule has 0 atom stereocenters. The molecule has 148 valence electrons. The van der Waals surface area contributed by atoms with Crippen molar-refractivity contribution in [3.05, 3.63) is 11.8 Å². The van der Waals surface area contributed by atoms with Gasteiger partial charge in [0.1, 0.15) is 5.56 Å². The van der Waals surface area contributed by atoms with E-state index in [0.717, 1.165) is 38.5 Å². The second-order valence-electron chi connectivity index (χ2n) is 8.13. The predicted octanol–water partition coefficient (Wildman–Crippen LogP) is 2.20. The molecule has 2 amide bonds. The monoisotopic (exact) mass is 381 g/mol. The van der Waals surface area contributed by atoms with Crippen molar-refractivity contribution in [3.8, 4) is 0 Å². The molecule has 0 aromatic carbocycles. The van der Waals surface area contributed by atoms with E-state index in [0.29, 0.717) is 0 Å². The summed E-state index contributed by atoms with van der Waals surface area (Å²) in [7, 11) is 0. The number of aromatic nitrogens is 2. The van der Waals surface area contributed by atoms with Gasteiger partial charge < -0.3 is 16.4 Å². The second-order valence-corrected chi connectivity index (χ2v) is 8.13. The highest BCUT2D eigenvalue weighted by molar-refractivity contribution is 6.02. The van der Waals surface area contributed by atoms with Crippen LogP contribution in [0.15, 0.2) is 6.20 Å². The molecule has 0 saturated heterocycles. The number of amides is 2. The lowest BCUT2D eigenvalue weighted by molar-refractivity contribution is -0.117. The number of carbonyl (C=O) groups excluding carboxylic acids is 2. The minimum absolute atomic E-state index is 0.0104. The highest BCUT2D eigenvalue weighted by Gasteiger charge is 2.46. The number of nitrogens with zero attached hydrogens (tertiary/aromatic N) is 2. The summed E-state index contributed by atoms with van der Waals surface area (Å²) in [6, 6.07) is 0.259. The molecule has 0 spiro atoms. The zero-order valence-corrected chi connectivity index (χ0v) is 15.1. The van der Waals surface area contributed by atoms with Gasteiger partial charge in [0, 0.05) is 37.0 Å². The lowest BCUT2D eigenvalue weighted by atomic mass is 9.85. The van der Waals surface area contributed by atoms with Gasteiger partial charge in [-0.3, -0.25) is 14.3 Å². The molecule has 27 heavy (non-hydrogen) atoms. The Balaban J connectivity index is 1.35. The fraction of sp³-hybridized carbons (Fsp3) is 0.722. The van der Waals surface area contributed by atoms with E-state index in [2.05, 4.69) is 15.7 Å². The number of anilines is 1. The van der Waals surface area contributed by atoms with Crippen LogP contribution in [0.2, 0.25) is 0 Å². The lowest BCUT2D eigenvalue weighted by Crippen LogP contribution is -2.52. The number of primary amides is 1. The number of hydrogen-bond acceptors (Lipinski definition) is 4. The minimum Gasteiger partial charge on any atom is -0.365 e. The van der Waals surface area contributed by atoms with E-state index in [4.69, 9.17) is 5.73 Å². The summed E-state index contributed by atoms with van der Waals surface area (Å²) in [6.45, 7) is 0. The summed E-state index contributed by atoms with van der Waals surface area (Å²) in [5, 5.41) is 10.4. The Bertz CT molecular complexity index is 730. The first kappa shape index (κ1) is 18.3. The van der Waals surface area contributed by atoms with Gasteiger partial charge in [0.15, 0.2) is 5.82 Å². The van der Waals surface area contributed by atoms with Gasteiger partial charge in [0.05, 0.1) is 6.04 Å². The van der Waals surface area contributed by atoms with Crippen LogP contribution in [0.25, 0.3) is 0 Å². The molecule has 1 aromatic heterocycles. The maximum Gasteiger partial charge on any atom is 0.254 e. The Labute approximate surface area is 156 Å². The van der Waals surface area contributed by atoms with Crippen LogP contribution in [0.4, 0.5) is 14.6 Å². The van der Waals surface area contributed by atoms with Crippen molar-refractivity contribution in [2.45, 2.75) is 75.4 Å². The fourth-order valence-corrected chi connectivity index (χ4v) is 4.04. The van der Waals surface area contributed by atoms with Gasteiger partial charge in [-0.05, 0) is 38.5 Å². The SMILES string of the molecule is NC(=O)c1cn([C@H]2CC[C@@H](NC3CC(F)(F)C3)CC2)nc1NC(=O)C1CC1. The maximum atomic E-state index is 13.0. The predicted molar refractivity (Wildman–Crippen MR) is 94.5 cm³/mol. The smallest absolute Gasteiger partial charge is 0.254 e. The molecular formula is C18H25F2N5O2. The number of alkyl halides is 2. The average molecular weight is 381 g/mol. The van der Waals surface area contributed by atoms with Crippen LogP contribution in [0.3, 0.4) is 0 Å². The van der Waals surface area contributed by atoms with Gasteiger partial charge >= 0.3 is 0 Å². The van der Waals surface area contributed by atoms with Crippen LogP contribution >= 0.6 is 0 Å². The van der Waals surface area contributed by atoms with Gasteiger partial charge in [-0.2, -0.15) is 5.10 Å². The first-order valence-electron chi connectivity index (χ1n) is 9.64. The highest BCUT2D eigenvalue weighted by atomic mass is 19.3. The third-order valence-electron chi connectivity index (χ3n) is 5.82. The first-order chi connectivity index (χ1) is 12.8. The third kappa shape index (κ3) is 4.12. The van der Waals surface area contributed by atoms with Crippen LogP contribution in [0, 0.1) is 5.92 Å². The molecule has 0 bridgehead atoms. The third-order valence-corrected chi connectivity index (χ3v) is 5.82. The molecule has 0 unspecified atom stereocenters. The fourth-order valence-electron chi connectivity index (χ4n) is 4.04. The highest BCUT2D eigenvalue weighted by Crippen LogP contribution is 2.39. The van der Waals surface area contributed by atoms with Gasteiger partial charge in [0.2, 0.25) is 5.91 Å². The van der Waals surface area contributed by atoms with E-state index >= 15 is 0 Å². The molecular weight excluding hydrogens is 356 g/mol. The molecule has 3 fully saturated rings. The molecule has 9 heteroatoms.